The molecule has 7 nitrogen and oxygen atoms in total. The minimum absolute atomic E-state index is 0.185. The van der Waals surface area contributed by atoms with E-state index in [2.05, 4.69) is 15.3 Å². The molecular weight excluding hydrogens is 439 g/mol. The van der Waals surface area contributed by atoms with Gasteiger partial charge in [0.25, 0.3) is 11.8 Å². The number of alkyl halides is 3. The summed E-state index contributed by atoms with van der Waals surface area (Å²) in [4.78, 5) is 34.9. The van der Waals surface area contributed by atoms with Crippen LogP contribution in [0.4, 0.5) is 19.0 Å². The van der Waals surface area contributed by atoms with E-state index in [0.717, 1.165) is 11.8 Å². The third-order valence-electron chi connectivity index (χ3n) is 4.03. The highest BCUT2D eigenvalue weighted by Crippen LogP contribution is 2.32. The Kier molecular flexibility index (Phi) is 6.56. The summed E-state index contributed by atoms with van der Waals surface area (Å²) >= 11 is 5.93. The average molecular weight is 455 g/mol. The fourth-order valence-corrected chi connectivity index (χ4v) is 3.87. The van der Waals surface area contributed by atoms with Crippen LogP contribution >= 0.6 is 24.0 Å². The Morgan fingerprint density at radius 2 is 1.83 bits per heavy atom. The lowest BCUT2D eigenvalue weighted by Crippen LogP contribution is -2.37. The number of carbonyl (C=O) groups excluding carboxylic acids is 2. The third kappa shape index (κ3) is 5.05. The van der Waals surface area contributed by atoms with Crippen LogP contribution in [0.25, 0.3) is 0 Å². The van der Waals surface area contributed by atoms with Gasteiger partial charge in [-0.2, -0.15) is 13.2 Å². The summed E-state index contributed by atoms with van der Waals surface area (Å²) in [7, 11) is 0. The predicted molar refractivity (Wildman–Crippen MR) is 109 cm³/mol. The van der Waals surface area contributed by atoms with Gasteiger partial charge in [0.15, 0.2) is 10.3 Å². The van der Waals surface area contributed by atoms with Gasteiger partial charge < -0.3 is 10.6 Å². The van der Waals surface area contributed by atoms with Crippen molar-refractivity contribution < 1.29 is 22.8 Å². The lowest BCUT2D eigenvalue weighted by atomic mass is 10.1. The van der Waals surface area contributed by atoms with E-state index in [9.17, 15) is 22.8 Å². The molecule has 158 valence electrons. The van der Waals surface area contributed by atoms with Gasteiger partial charge in [0.05, 0.1) is 16.5 Å². The molecule has 0 saturated carbocycles. The molecule has 0 radical (unpaired) electrons. The Morgan fingerprint density at radius 1 is 1.20 bits per heavy atom. The maximum absolute atomic E-state index is 12.7. The van der Waals surface area contributed by atoms with Gasteiger partial charge in [-0.25, -0.2) is 9.97 Å². The number of hydrogen-bond acceptors (Lipinski definition) is 6. The number of thioether (sulfide) groups is 1. The molecule has 0 spiro atoms. The highest BCUT2D eigenvalue weighted by atomic mass is 32.2. The summed E-state index contributed by atoms with van der Waals surface area (Å²) in [6.07, 6.45) is -2.55. The first-order valence-electron chi connectivity index (χ1n) is 8.78. The molecule has 0 bridgehead atoms. The van der Waals surface area contributed by atoms with Crippen LogP contribution in [0.3, 0.4) is 0 Å². The molecule has 1 aliphatic rings. The molecule has 2 amide bonds. The molecule has 1 aromatic heterocycles. The van der Waals surface area contributed by atoms with Gasteiger partial charge in [0, 0.05) is 6.20 Å². The van der Waals surface area contributed by atoms with E-state index < -0.39 is 18.1 Å². The Morgan fingerprint density at radius 3 is 2.40 bits per heavy atom. The van der Waals surface area contributed by atoms with Crippen LogP contribution < -0.4 is 10.6 Å². The maximum atomic E-state index is 12.7. The normalized spacial score (nSPS) is 14.5. The zero-order valence-corrected chi connectivity index (χ0v) is 17.2. The van der Waals surface area contributed by atoms with Crippen molar-refractivity contribution in [2.75, 3.05) is 11.9 Å². The SMILES string of the molecule is CCC(Sc1nccc(NC(=S)NCC(F)(F)F)n1)N1C(=O)c2ccccc2C1=O. The molecule has 30 heavy (non-hydrogen) atoms. The smallest absolute Gasteiger partial charge is 0.353 e. The second-order valence-corrected chi connectivity index (χ2v) is 7.71. The minimum Gasteiger partial charge on any atom is -0.353 e. The Balaban J connectivity index is 1.70. The number of halogens is 3. The molecular formula is C18H16F3N5O2S2. The number of nitrogens with zero attached hydrogens (tertiary/aromatic N) is 3. The van der Waals surface area contributed by atoms with E-state index in [1.165, 1.54) is 17.2 Å². The van der Waals surface area contributed by atoms with Crippen LogP contribution in [0.2, 0.25) is 0 Å². The lowest BCUT2D eigenvalue weighted by molar-refractivity contribution is -0.121. The van der Waals surface area contributed by atoms with Gasteiger partial charge >= 0.3 is 6.18 Å². The number of anilines is 1. The molecule has 1 atom stereocenters. The summed E-state index contributed by atoms with van der Waals surface area (Å²) in [6, 6.07) is 8.02. The van der Waals surface area contributed by atoms with Crippen LogP contribution in [0.15, 0.2) is 41.7 Å². The second kappa shape index (κ2) is 8.96. The zero-order valence-electron chi connectivity index (χ0n) is 15.6. The summed E-state index contributed by atoms with van der Waals surface area (Å²) in [5, 5.41) is 4.04. The number of fused-ring (bicyclic) bond motifs is 1. The van der Waals surface area contributed by atoms with Crippen LogP contribution in [0.1, 0.15) is 34.1 Å². The highest BCUT2D eigenvalue weighted by Gasteiger charge is 2.39. The third-order valence-corrected chi connectivity index (χ3v) is 5.50. The van der Waals surface area contributed by atoms with E-state index >= 15 is 0 Å². The van der Waals surface area contributed by atoms with Gasteiger partial charge in [-0.3, -0.25) is 14.5 Å². The topological polar surface area (TPSA) is 87.2 Å². The Labute approximate surface area is 179 Å². The fraction of sp³-hybridized carbons (Fsp3) is 0.278. The first-order valence-corrected chi connectivity index (χ1v) is 10.1. The molecule has 12 heteroatoms. The molecule has 3 rings (SSSR count). The summed E-state index contributed by atoms with van der Waals surface area (Å²) in [6.45, 7) is 0.544. The largest absolute Gasteiger partial charge is 0.405 e. The standard InChI is InChI=1S/C18H16F3N5O2S2/c1-2-13(26-14(27)10-5-3-4-6-11(10)15(26)28)30-17-22-8-7-12(25-17)24-16(29)23-9-18(19,20)21/h3-8,13H,2,9H2,1H3,(H2,22,23,24,25,29). The van der Waals surface area contributed by atoms with Crippen molar-refractivity contribution >= 4 is 46.7 Å². The Hall–Kier alpha value is -2.73. The zero-order chi connectivity index (χ0) is 21.9. The average Bonchev–Trinajstić information content (AvgIpc) is 2.95. The van der Waals surface area contributed by atoms with Crippen molar-refractivity contribution in [3.8, 4) is 0 Å². The van der Waals surface area contributed by atoms with Gasteiger partial charge in [-0.15, -0.1) is 0 Å². The molecule has 2 heterocycles. The van der Waals surface area contributed by atoms with Crippen molar-refractivity contribution in [3.63, 3.8) is 0 Å². The molecule has 2 aromatic rings. The number of benzene rings is 1. The van der Waals surface area contributed by atoms with Crippen molar-refractivity contribution in [1.29, 1.82) is 0 Å². The lowest BCUT2D eigenvalue weighted by Gasteiger charge is -2.23. The maximum Gasteiger partial charge on any atom is 0.405 e. The van der Waals surface area contributed by atoms with E-state index in [-0.39, 0.29) is 27.9 Å². The van der Waals surface area contributed by atoms with Crippen molar-refractivity contribution in [3.05, 3.63) is 47.7 Å². The number of thiocarbonyl (C=S) groups is 1. The van der Waals surface area contributed by atoms with Crippen LogP contribution in [-0.4, -0.2) is 49.9 Å². The molecule has 0 aliphatic carbocycles. The first kappa shape index (κ1) is 22.0. The monoisotopic (exact) mass is 455 g/mol. The first-order chi connectivity index (χ1) is 14.2. The summed E-state index contributed by atoms with van der Waals surface area (Å²) in [5.41, 5.74) is 0.693. The van der Waals surface area contributed by atoms with Crippen molar-refractivity contribution in [2.24, 2.45) is 0 Å². The van der Waals surface area contributed by atoms with E-state index in [0.29, 0.717) is 17.5 Å². The van der Waals surface area contributed by atoms with Crippen molar-refractivity contribution in [2.45, 2.75) is 30.1 Å². The van der Waals surface area contributed by atoms with Crippen LogP contribution in [-0.2, 0) is 0 Å². The fourth-order valence-electron chi connectivity index (χ4n) is 2.72. The van der Waals surface area contributed by atoms with E-state index in [1.807, 2.05) is 12.2 Å². The summed E-state index contributed by atoms with van der Waals surface area (Å²) < 4.78 is 36.8. The molecule has 0 saturated heterocycles. The highest BCUT2D eigenvalue weighted by molar-refractivity contribution is 7.99. The number of amides is 2. The van der Waals surface area contributed by atoms with Gasteiger partial charge in [-0.1, -0.05) is 30.8 Å². The predicted octanol–water partition coefficient (Wildman–Crippen LogP) is 3.45. The minimum atomic E-state index is -4.40. The number of aromatic nitrogens is 2. The number of carbonyl (C=O) groups is 2. The number of rotatable bonds is 6. The molecule has 1 aromatic carbocycles. The summed E-state index contributed by atoms with van der Waals surface area (Å²) in [5.74, 6) is -0.590. The molecule has 1 aliphatic heterocycles. The van der Waals surface area contributed by atoms with Crippen LogP contribution in [0, 0.1) is 0 Å². The number of hydrogen-bond donors (Lipinski definition) is 2. The van der Waals surface area contributed by atoms with Gasteiger partial charge in [0.1, 0.15) is 12.4 Å². The quantitative estimate of drug-likeness (QED) is 0.297. The Bertz CT molecular complexity index is 951. The van der Waals surface area contributed by atoms with E-state index in [1.54, 1.807) is 24.3 Å². The molecule has 1 unspecified atom stereocenters. The number of nitrogens with one attached hydrogen (secondary N) is 2. The van der Waals surface area contributed by atoms with E-state index in [4.69, 9.17) is 12.2 Å². The molecule has 0 fully saturated rings. The number of imide groups is 1. The van der Waals surface area contributed by atoms with Crippen LogP contribution in [0.5, 0.6) is 0 Å². The van der Waals surface area contributed by atoms with Crippen molar-refractivity contribution in [1.82, 2.24) is 20.2 Å². The van der Waals surface area contributed by atoms with Gasteiger partial charge in [-0.05, 0) is 36.8 Å². The second-order valence-electron chi connectivity index (χ2n) is 6.15. The molecule has 2 N–H and O–H groups in total. The van der Waals surface area contributed by atoms with Gasteiger partial charge in [0.2, 0.25) is 0 Å².